The second-order valence-corrected chi connectivity index (χ2v) is 4.25. The molecule has 0 aliphatic carbocycles. The van der Waals surface area contributed by atoms with Gasteiger partial charge in [0, 0.05) is 6.42 Å². The number of benzene rings is 1. The minimum atomic E-state index is 0.468. The fraction of sp³-hybridized carbons (Fsp3) is 0.231. The minimum absolute atomic E-state index is 0.468. The molecule has 0 atom stereocenters. The summed E-state index contributed by atoms with van der Waals surface area (Å²) < 4.78 is 6.75. The number of aryl methyl sites for hydroxylation is 2. The summed E-state index contributed by atoms with van der Waals surface area (Å²) in [4.78, 5) is 4.23. The fourth-order valence-corrected chi connectivity index (χ4v) is 1.69. The summed E-state index contributed by atoms with van der Waals surface area (Å²) >= 11 is 0. The largest absolute Gasteiger partial charge is 0.339 e. The summed E-state index contributed by atoms with van der Waals surface area (Å²) in [5, 5.41) is 12.0. The normalized spacial score (nSPS) is 10.8. The third-order valence-electron chi connectivity index (χ3n) is 2.79. The molecule has 0 amide bonds. The lowest BCUT2D eigenvalue weighted by atomic mass is 10.2. The van der Waals surface area contributed by atoms with Gasteiger partial charge in [-0.05, 0) is 19.1 Å². The van der Waals surface area contributed by atoms with E-state index in [0.29, 0.717) is 23.8 Å². The Labute approximate surface area is 110 Å². The zero-order valence-electron chi connectivity index (χ0n) is 10.7. The average molecular weight is 255 g/mol. The third kappa shape index (κ3) is 2.24. The monoisotopic (exact) mass is 255 g/mol. The highest BCUT2D eigenvalue weighted by Gasteiger charge is 2.11. The maximum Gasteiger partial charge on any atom is 0.226 e. The summed E-state index contributed by atoms with van der Waals surface area (Å²) in [6, 6.07) is 8.03. The van der Waals surface area contributed by atoms with E-state index in [1.807, 2.05) is 38.1 Å². The van der Waals surface area contributed by atoms with Crippen molar-refractivity contribution in [2.75, 3.05) is 0 Å². The van der Waals surface area contributed by atoms with Gasteiger partial charge in [-0.3, -0.25) is 0 Å². The molecule has 0 saturated heterocycles. The molecule has 0 saturated carbocycles. The van der Waals surface area contributed by atoms with Crippen molar-refractivity contribution >= 4 is 0 Å². The predicted molar refractivity (Wildman–Crippen MR) is 68.8 cm³/mol. The quantitative estimate of drug-likeness (QED) is 0.717. The summed E-state index contributed by atoms with van der Waals surface area (Å²) in [5.41, 5.74) is 2.75. The Kier molecular flexibility index (Phi) is 2.83. The van der Waals surface area contributed by atoms with Crippen molar-refractivity contribution in [1.82, 2.24) is 25.1 Å². The van der Waals surface area contributed by atoms with Gasteiger partial charge in [-0.1, -0.05) is 35.0 Å². The van der Waals surface area contributed by atoms with Crippen molar-refractivity contribution in [3.63, 3.8) is 0 Å². The first-order valence-corrected chi connectivity index (χ1v) is 6.08. The first-order valence-electron chi connectivity index (χ1n) is 6.08. The lowest BCUT2D eigenvalue weighted by Gasteiger charge is -1.99. The van der Waals surface area contributed by atoms with E-state index in [1.165, 1.54) is 5.56 Å². The standard InChI is InChI=1S/C13H13N5O/c1-3-12-14-13(16-19-12)11-8-18(17-15-11)10-6-4-9(2)5-7-10/h4-8H,3H2,1-2H3. The second kappa shape index (κ2) is 4.64. The summed E-state index contributed by atoms with van der Waals surface area (Å²) in [6.45, 7) is 4.00. The van der Waals surface area contributed by atoms with Crippen molar-refractivity contribution in [2.45, 2.75) is 20.3 Å². The van der Waals surface area contributed by atoms with Crippen LogP contribution in [0.3, 0.4) is 0 Å². The van der Waals surface area contributed by atoms with E-state index in [9.17, 15) is 0 Å². The first-order chi connectivity index (χ1) is 9.26. The molecular weight excluding hydrogens is 242 g/mol. The highest BCUT2D eigenvalue weighted by Crippen LogP contribution is 2.15. The van der Waals surface area contributed by atoms with Crippen LogP contribution in [0.2, 0.25) is 0 Å². The molecule has 96 valence electrons. The van der Waals surface area contributed by atoms with Crippen LogP contribution < -0.4 is 0 Å². The van der Waals surface area contributed by atoms with E-state index >= 15 is 0 Å². The van der Waals surface area contributed by atoms with Crippen LogP contribution in [-0.2, 0) is 6.42 Å². The molecule has 2 aromatic heterocycles. The van der Waals surface area contributed by atoms with Crippen molar-refractivity contribution in [3.8, 4) is 17.2 Å². The van der Waals surface area contributed by atoms with Crippen LogP contribution in [0, 0.1) is 6.92 Å². The van der Waals surface area contributed by atoms with Gasteiger partial charge >= 0.3 is 0 Å². The molecule has 6 nitrogen and oxygen atoms in total. The van der Waals surface area contributed by atoms with Crippen molar-refractivity contribution < 1.29 is 4.52 Å². The smallest absolute Gasteiger partial charge is 0.226 e. The molecule has 3 rings (SSSR count). The fourth-order valence-electron chi connectivity index (χ4n) is 1.69. The second-order valence-electron chi connectivity index (χ2n) is 4.25. The summed E-state index contributed by atoms with van der Waals surface area (Å²) in [5.74, 6) is 1.06. The molecule has 0 aliphatic rings. The molecule has 0 spiro atoms. The van der Waals surface area contributed by atoms with Crippen LogP contribution in [0.25, 0.3) is 17.2 Å². The minimum Gasteiger partial charge on any atom is -0.339 e. The molecule has 0 unspecified atom stereocenters. The van der Waals surface area contributed by atoms with Gasteiger partial charge in [0.25, 0.3) is 0 Å². The SMILES string of the molecule is CCc1nc(-c2cn(-c3ccc(C)cc3)nn2)no1. The Morgan fingerprint density at radius 1 is 1.21 bits per heavy atom. The number of hydrogen-bond acceptors (Lipinski definition) is 5. The Morgan fingerprint density at radius 2 is 2.00 bits per heavy atom. The molecule has 2 heterocycles. The van der Waals surface area contributed by atoms with Gasteiger partial charge < -0.3 is 4.52 Å². The molecule has 0 aliphatic heterocycles. The molecular formula is C13H13N5O. The van der Waals surface area contributed by atoms with E-state index < -0.39 is 0 Å². The lowest BCUT2D eigenvalue weighted by molar-refractivity contribution is 0.382. The van der Waals surface area contributed by atoms with Crippen LogP contribution >= 0.6 is 0 Å². The van der Waals surface area contributed by atoms with Crippen molar-refractivity contribution in [2.24, 2.45) is 0 Å². The number of aromatic nitrogens is 5. The summed E-state index contributed by atoms with van der Waals surface area (Å²) in [6.07, 6.45) is 2.49. The summed E-state index contributed by atoms with van der Waals surface area (Å²) in [7, 11) is 0. The van der Waals surface area contributed by atoms with Crippen molar-refractivity contribution in [3.05, 3.63) is 41.9 Å². The number of hydrogen-bond donors (Lipinski definition) is 0. The van der Waals surface area contributed by atoms with Crippen molar-refractivity contribution in [1.29, 1.82) is 0 Å². The zero-order chi connectivity index (χ0) is 13.2. The molecule has 0 bridgehead atoms. The third-order valence-corrected chi connectivity index (χ3v) is 2.79. The van der Waals surface area contributed by atoms with Crippen LogP contribution in [-0.4, -0.2) is 25.1 Å². The van der Waals surface area contributed by atoms with E-state index in [2.05, 4.69) is 20.5 Å². The van der Waals surface area contributed by atoms with Gasteiger partial charge in [-0.15, -0.1) is 5.10 Å². The van der Waals surface area contributed by atoms with Gasteiger partial charge in [0.1, 0.15) is 0 Å². The van der Waals surface area contributed by atoms with E-state index in [-0.39, 0.29) is 0 Å². The maximum absolute atomic E-state index is 5.06. The average Bonchev–Trinajstić information content (AvgIpc) is 3.08. The molecule has 3 aromatic rings. The van der Waals surface area contributed by atoms with Crippen LogP contribution in [0.4, 0.5) is 0 Å². The molecule has 0 fully saturated rings. The van der Waals surface area contributed by atoms with E-state index in [0.717, 1.165) is 5.69 Å². The van der Waals surface area contributed by atoms with Gasteiger partial charge in [0.2, 0.25) is 11.7 Å². The Morgan fingerprint density at radius 3 is 2.68 bits per heavy atom. The zero-order valence-corrected chi connectivity index (χ0v) is 10.7. The van der Waals surface area contributed by atoms with Gasteiger partial charge in [-0.25, -0.2) is 4.68 Å². The van der Waals surface area contributed by atoms with Crippen LogP contribution in [0.5, 0.6) is 0 Å². The molecule has 0 N–H and O–H groups in total. The molecule has 1 aromatic carbocycles. The Hall–Kier alpha value is -2.50. The molecule has 0 radical (unpaired) electrons. The topological polar surface area (TPSA) is 69.6 Å². The lowest BCUT2D eigenvalue weighted by Crippen LogP contribution is -1.94. The number of nitrogens with zero attached hydrogens (tertiary/aromatic N) is 5. The van der Waals surface area contributed by atoms with Gasteiger partial charge in [-0.2, -0.15) is 4.98 Å². The van der Waals surface area contributed by atoms with Crippen LogP contribution in [0.1, 0.15) is 18.4 Å². The van der Waals surface area contributed by atoms with E-state index in [1.54, 1.807) is 10.9 Å². The highest BCUT2D eigenvalue weighted by atomic mass is 16.5. The highest BCUT2D eigenvalue weighted by molar-refractivity contribution is 5.47. The first kappa shape index (κ1) is 11.6. The van der Waals surface area contributed by atoms with Gasteiger partial charge in [0.05, 0.1) is 11.9 Å². The Balaban J connectivity index is 1.92. The molecule has 6 heteroatoms. The van der Waals surface area contributed by atoms with E-state index in [4.69, 9.17) is 4.52 Å². The maximum atomic E-state index is 5.06. The number of rotatable bonds is 3. The Bertz CT molecular complexity index is 683. The van der Waals surface area contributed by atoms with Crippen LogP contribution in [0.15, 0.2) is 35.0 Å². The molecule has 19 heavy (non-hydrogen) atoms. The predicted octanol–water partition coefficient (Wildman–Crippen LogP) is 2.19. The van der Waals surface area contributed by atoms with Gasteiger partial charge in [0.15, 0.2) is 5.69 Å².